The summed E-state index contributed by atoms with van der Waals surface area (Å²) in [6.07, 6.45) is 3.94. The highest BCUT2D eigenvalue weighted by molar-refractivity contribution is 5.98. The molecule has 0 aliphatic carbocycles. The molecule has 2 atom stereocenters. The van der Waals surface area contributed by atoms with Crippen LogP contribution in [0.15, 0.2) is 48.9 Å². The predicted octanol–water partition coefficient (Wildman–Crippen LogP) is 5.07. The van der Waals surface area contributed by atoms with Crippen molar-refractivity contribution in [2.45, 2.75) is 38.9 Å². The minimum absolute atomic E-state index is 0.0820. The zero-order valence-electron chi connectivity index (χ0n) is 21.8. The van der Waals surface area contributed by atoms with Crippen LogP contribution in [-0.4, -0.2) is 58.1 Å². The molecule has 2 saturated heterocycles. The van der Waals surface area contributed by atoms with Gasteiger partial charge >= 0.3 is 0 Å². The van der Waals surface area contributed by atoms with E-state index in [9.17, 15) is 5.11 Å². The molecule has 0 bridgehead atoms. The fourth-order valence-electron chi connectivity index (χ4n) is 5.24. The van der Waals surface area contributed by atoms with Gasteiger partial charge in [0.25, 0.3) is 0 Å². The van der Waals surface area contributed by atoms with Crippen LogP contribution in [0.2, 0.25) is 0 Å². The van der Waals surface area contributed by atoms with Gasteiger partial charge in [-0.3, -0.25) is 4.98 Å². The molecule has 0 spiro atoms. The van der Waals surface area contributed by atoms with Crippen molar-refractivity contribution in [3.05, 3.63) is 54.7 Å². The van der Waals surface area contributed by atoms with E-state index in [4.69, 9.17) is 9.47 Å². The number of halogens is 1. The maximum atomic E-state index is 15.4. The summed E-state index contributed by atoms with van der Waals surface area (Å²) in [5.74, 6) is 1.17. The van der Waals surface area contributed by atoms with E-state index >= 15 is 4.39 Å². The Morgan fingerprint density at radius 1 is 1.16 bits per heavy atom. The number of hydrogen-bond acceptors (Lipinski definition) is 8. The number of pyridine rings is 1. The molecule has 0 unspecified atom stereocenters. The number of aromatic nitrogens is 3. The van der Waals surface area contributed by atoms with Gasteiger partial charge in [0.15, 0.2) is 5.82 Å². The molecule has 4 aromatic rings. The van der Waals surface area contributed by atoms with Crippen molar-refractivity contribution in [2.75, 3.05) is 36.5 Å². The van der Waals surface area contributed by atoms with E-state index < -0.39 is 11.4 Å². The van der Waals surface area contributed by atoms with Gasteiger partial charge in [-0.2, -0.15) is 0 Å². The maximum absolute atomic E-state index is 15.4. The monoisotopic (exact) mass is 517 g/mol. The van der Waals surface area contributed by atoms with Crippen molar-refractivity contribution in [2.24, 2.45) is 11.8 Å². The van der Waals surface area contributed by atoms with Crippen molar-refractivity contribution in [3.8, 4) is 5.75 Å². The van der Waals surface area contributed by atoms with Gasteiger partial charge < -0.3 is 24.8 Å². The summed E-state index contributed by atoms with van der Waals surface area (Å²) in [5.41, 5.74) is 1.81. The standard InChI is InChI=1S/C29H32FN5O3/c1-17(18-14-37-15-18)38-25-12-20(35-10-8-19(13-35)29(2,3)36)11-24-26(25)28(33-16-32-24)34-23-7-6-22-21(27(23)30)5-4-9-31-22/h4-7,9,11-12,16-19,36H,8,10,13-15H2,1-3H3,(H,32,33,34)/t17-,19+/m1/s1. The van der Waals surface area contributed by atoms with Gasteiger partial charge in [0, 0.05) is 48.3 Å². The molecule has 8 nitrogen and oxygen atoms in total. The second kappa shape index (κ2) is 9.63. The summed E-state index contributed by atoms with van der Waals surface area (Å²) in [6.45, 7) is 8.67. The molecular weight excluding hydrogens is 485 g/mol. The average molecular weight is 518 g/mol. The zero-order valence-corrected chi connectivity index (χ0v) is 21.8. The van der Waals surface area contributed by atoms with E-state index in [1.165, 1.54) is 6.33 Å². The SMILES string of the molecule is C[C@@H](Oc1cc(N2CC[C@H](C(C)(C)O)C2)cc2ncnc(Nc3ccc4ncccc4c3F)c12)C1COC1. The van der Waals surface area contributed by atoms with Crippen LogP contribution in [0.25, 0.3) is 21.8 Å². The minimum atomic E-state index is -0.748. The first-order chi connectivity index (χ1) is 18.3. The third kappa shape index (κ3) is 4.61. The average Bonchev–Trinajstić information content (AvgIpc) is 3.36. The van der Waals surface area contributed by atoms with Crippen LogP contribution >= 0.6 is 0 Å². The van der Waals surface area contributed by atoms with Crippen LogP contribution in [0.5, 0.6) is 5.75 Å². The summed E-state index contributed by atoms with van der Waals surface area (Å²) in [6, 6.07) is 10.9. The van der Waals surface area contributed by atoms with Crippen LogP contribution in [0.1, 0.15) is 27.2 Å². The van der Waals surface area contributed by atoms with E-state index in [-0.39, 0.29) is 12.0 Å². The number of ether oxygens (including phenoxy) is 2. The van der Waals surface area contributed by atoms with Gasteiger partial charge in [-0.15, -0.1) is 0 Å². The molecule has 38 heavy (non-hydrogen) atoms. The number of anilines is 3. The largest absolute Gasteiger partial charge is 0.489 e. The third-order valence-electron chi connectivity index (χ3n) is 7.85. The minimum Gasteiger partial charge on any atom is -0.489 e. The van der Waals surface area contributed by atoms with Crippen LogP contribution in [-0.2, 0) is 4.74 Å². The first kappa shape index (κ1) is 24.8. The summed E-state index contributed by atoms with van der Waals surface area (Å²) < 4.78 is 27.3. The smallest absolute Gasteiger partial charge is 0.156 e. The topological polar surface area (TPSA) is 92.6 Å². The number of hydrogen-bond donors (Lipinski definition) is 2. The summed E-state index contributed by atoms with van der Waals surface area (Å²) in [4.78, 5) is 15.6. The van der Waals surface area contributed by atoms with Crippen molar-refractivity contribution in [3.63, 3.8) is 0 Å². The normalized spacial score (nSPS) is 19.1. The Labute approximate surface area is 220 Å². The molecule has 9 heteroatoms. The van der Waals surface area contributed by atoms with Gasteiger partial charge in [-0.05, 0) is 57.5 Å². The van der Waals surface area contributed by atoms with E-state index in [1.807, 2.05) is 32.9 Å². The Morgan fingerprint density at radius 2 is 2.00 bits per heavy atom. The second-order valence-electron chi connectivity index (χ2n) is 10.9. The van der Waals surface area contributed by atoms with Crippen LogP contribution < -0.4 is 15.0 Å². The Kier molecular flexibility index (Phi) is 6.28. The molecule has 2 aromatic carbocycles. The fourth-order valence-corrected chi connectivity index (χ4v) is 5.24. The maximum Gasteiger partial charge on any atom is 0.156 e. The second-order valence-corrected chi connectivity index (χ2v) is 10.9. The Bertz CT molecular complexity index is 1490. The lowest BCUT2D eigenvalue weighted by atomic mass is 9.90. The van der Waals surface area contributed by atoms with Gasteiger partial charge in [0.2, 0.25) is 0 Å². The molecule has 4 heterocycles. The molecule has 2 aliphatic rings. The summed E-state index contributed by atoms with van der Waals surface area (Å²) in [5, 5.41) is 14.9. The third-order valence-corrected chi connectivity index (χ3v) is 7.85. The van der Waals surface area contributed by atoms with Crippen LogP contribution in [0.3, 0.4) is 0 Å². The van der Waals surface area contributed by atoms with Gasteiger partial charge in [0.05, 0.1) is 40.9 Å². The number of benzene rings is 2. The highest BCUT2D eigenvalue weighted by Crippen LogP contribution is 2.40. The van der Waals surface area contributed by atoms with E-state index in [0.717, 1.165) is 25.2 Å². The molecule has 0 saturated carbocycles. The number of fused-ring (bicyclic) bond motifs is 2. The van der Waals surface area contributed by atoms with Crippen LogP contribution in [0.4, 0.5) is 21.6 Å². The summed E-state index contributed by atoms with van der Waals surface area (Å²) in [7, 11) is 0. The Hall–Kier alpha value is -3.56. The molecule has 2 aromatic heterocycles. The lowest BCUT2D eigenvalue weighted by molar-refractivity contribution is -0.0773. The molecule has 198 valence electrons. The van der Waals surface area contributed by atoms with Crippen LogP contribution in [0, 0.1) is 17.7 Å². The van der Waals surface area contributed by atoms with Crippen molar-refractivity contribution >= 4 is 39.0 Å². The first-order valence-corrected chi connectivity index (χ1v) is 13.1. The fraction of sp³-hybridized carbons (Fsp3) is 0.414. The molecule has 0 radical (unpaired) electrons. The van der Waals surface area contributed by atoms with Gasteiger partial charge in [-0.25, -0.2) is 14.4 Å². The predicted molar refractivity (Wildman–Crippen MR) is 146 cm³/mol. The molecular formula is C29H32FN5O3. The lowest BCUT2D eigenvalue weighted by Crippen LogP contribution is -2.39. The van der Waals surface area contributed by atoms with E-state index in [2.05, 4.69) is 25.2 Å². The highest BCUT2D eigenvalue weighted by Gasteiger charge is 2.34. The Morgan fingerprint density at radius 3 is 2.74 bits per heavy atom. The lowest BCUT2D eigenvalue weighted by Gasteiger charge is -2.32. The molecule has 2 N–H and O–H groups in total. The molecule has 2 fully saturated rings. The summed E-state index contributed by atoms with van der Waals surface area (Å²) >= 11 is 0. The first-order valence-electron chi connectivity index (χ1n) is 13.1. The van der Waals surface area contributed by atoms with E-state index in [0.29, 0.717) is 58.2 Å². The Balaban J connectivity index is 1.41. The molecule has 6 rings (SSSR count). The van der Waals surface area contributed by atoms with E-state index in [1.54, 1.807) is 30.5 Å². The highest BCUT2D eigenvalue weighted by atomic mass is 19.1. The quantitative estimate of drug-likeness (QED) is 0.351. The van der Waals surface area contributed by atoms with Gasteiger partial charge in [0.1, 0.15) is 24.0 Å². The number of nitrogens with one attached hydrogen (secondary N) is 1. The van der Waals surface area contributed by atoms with Gasteiger partial charge in [-0.1, -0.05) is 0 Å². The van der Waals surface area contributed by atoms with Crippen molar-refractivity contribution in [1.29, 1.82) is 0 Å². The zero-order chi connectivity index (χ0) is 26.4. The number of nitrogens with zero attached hydrogens (tertiary/aromatic N) is 4. The van der Waals surface area contributed by atoms with Crippen molar-refractivity contribution < 1.29 is 19.0 Å². The molecule has 0 amide bonds. The number of aliphatic hydroxyl groups is 1. The number of rotatable bonds is 7. The molecule has 2 aliphatic heterocycles. The van der Waals surface area contributed by atoms with Crippen molar-refractivity contribution in [1.82, 2.24) is 15.0 Å².